The van der Waals surface area contributed by atoms with Gasteiger partial charge in [0.05, 0.1) is 12.2 Å². The second kappa shape index (κ2) is 8.57. The van der Waals surface area contributed by atoms with Gasteiger partial charge in [0.1, 0.15) is 11.6 Å². The first kappa shape index (κ1) is 17.3. The number of rotatable bonds is 6. The Morgan fingerprint density at radius 2 is 1.77 bits per heavy atom. The summed E-state index contributed by atoms with van der Waals surface area (Å²) in [7, 11) is 0. The Kier molecular flexibility index (Phi) is 5.72. The molecule has 0 bridgehead atoms. The lowest BCUT2D eigenvalue weighted by molar-refractivity contribution is 0.240. The van der Waals surface area contributed by atoms with Gasteiger partial charge in [-0.3, -0.25) is 4.98 Å². The van der Waals surface area contributed by atoms with Gasteiger partial charge in [-0.05, 0) is 42.0 Å². The number of nitrogens with one attached hydrogen (secondary N) is 2. The quantitative estimate of drug-likeness (QED) is 0.713. The molecule has 26 heavy (non-hydrogen) atoms. The zero-order valence-electron chi connectivity index (χ0n) is 13.9. The number of carbonyl (C=O) groups is 1. The number of pyridine rings is 2. The third-order valence-electron chi connectivity index (χ3n) is 3.44. The number of hydrogen-bond donors (Lipinski definition) is 2. The molecule has 2 aromatic heterocycles. The molecule has 0 saturated carbocycles. The fraction of sp³-hybridized carbons (Fsp3) is 0.105. The number of benzene rings is 1. The van der Waals surface area contributed by atoms with Crippen LogP contribution in [0, 0.1) is 5.82 Å². The van der Waals surface area contributed by atoms with Crippen molar-refractivity contribution in [3.05, 3.63) is 84.1 Å². The van der Waals surface area contributed by atoms with E-state index in [2.05, 4.69) is 20.6 Å². The number of halogens is 1. The van der Waals surface area contributed by atoms with Crippen molar-refractivity contribution in [1.29, 1.82) is 0 Å². The summed E-state index contributed by atoms with van der Waals surface area (Å²) < 4.78 is 18.4. The predicted octanol–water partition coefficient (Wildman–Crippen LogP) is 3.41. The van der Waals surface area contributed by atoms with Crippen LogP contribution in [-0.4, -0.2) is 16.0 Å². The van der Waals surface area contributed by atoms with Gasteiger partial charge in [0.25, 0.3) is 0 Å². The van der Waals surface area contributed by atoms with Crippen LogP contribution in [0.1, 0.15) is 11.3 Å². The normalized spacial score (nSPS) is 10.2. The maximum Gasteiger partial charge on any atom is 0.315 e. The Morgan fingerprint density at radius 3 is 2.46 bits per heavy atom. The molecule has 0 fully saturated rings. The zero-order valence-corrected chi connectivity index (χ0v) is 13.9. The van der Waals surface area contributed by atoms with Crippen molar-refractivity contribution in [3.63, 3.8) is 0 Å². The van der Waals surface area contributed by atoms with Gasteiger partial charge in [0, 0.05) is 25.0 Å². The van der Waals surface area contributed by atoms with Crippen molar-refractivity contribution in [2.24, 2.45) is 0 Å². The summed E-state index contributed by atoms with van der Waals surface area (Å²) in [6.45, 7) is 0.688. The summed E-state index contributed by atoms with van der Waals surface area (Å²) in [5, 5.41) is 5.47. The number of amides is 2. The molecule has 3 rings (SSSR count). The highest BCUT2D eigenvalue weighted by Gasteiger charge is 2.03. The van der Waals surface area contributed by atoms with E-state index in [9.17, 15) is 9.18 Å². The molecular weight excluding hydrogens is 335 g/mol. The smallest absolute Gasteiger partial charge is 0.315 e. The van der Waals surface area contributed by atoms with E-state index in [-0.39, 0.29) is 11.8 Å². The van der Waals surface area contributed by atoms with Crippen molar-refractivity contribution < 1.29 is 13.9 Å². The van der Waals surface area contributed by atoms with Gasteiger partial charge in [-0.15, -0.1) is 0 Å². The SMILES string of the molecule is O=C(NCc1ccc(Oc2ccc(F)cc2)nc1)NCc1ccccn1. The summed E-state index contributed by atoms with van der Waals surface area (Å²) in [6, 6.07) is 14.4. The summed E-state index contributed by atoms with van der Waals surface area (Å²) in [5.41, 5.74) is 1.61. The van der Waals surface area contributed by atoms with Crippen LogP contribution in [0.15, 0.2) is 67.0 Å². The average Bonchev–Trinajstić information content (AvgIpc) is 2.68. The molecule has 0 aliphatic rings. The molecule has 3 aromatic rings. The third-order valence-corrected chi connectivity index (χ3v) is 3.44. The molecular formula is C19H17FN4O2. The molecule has 0 aliphatic heterocycles. The van der Waals surface area contributed by atoms with Gasteiger partial charge in [-0.25, -0.2) is 14.2 Å². The minimum Gasteiger partial charge on any atom is -0.439 e. The maximum absolute atomic E-state index is 12.9. The highest BCUT2D eigenvalue weighted by Crippen LogP contribution is 2.19. The van der Waals surface area contributed by atoms with Gasteiger partial charge in [-0.1, -0.05) is 12.1 Å². The third kappa shape index (κ3) is 5.27. The lowest BCUT2D eigenvalue weighted by Gasteiger charge is -2.08. The highest BCUT2D eigenvalue weighted by atomic mass is 19.1. The number of hydrogen-bond acceptors (Lipinski definition) is 4. The van der Waals surface area contributed by atoms with E-state index in [1.807, 2.05) is 18.2 Å². The van der Waals surface area contributed by atoms with Crippen molar-refractivity contribution in [2.75, 3.05) is 0 Å². The Morgan fingerprint density at radius 1 is 0.962 bits per heavy atom. The fourth-order valence-corrected chi connectivity index (χ4v) is 2.12. The topological polar surface area (TPSA) is 76.1 Å². The van der Waals surface area contributed by atoms with E-state index in [4.69, 9.17) is 4.74 Å². The lowest BCUT2D eigenvalue weighted by Crippen LogP contribution is -2.34. The van der Waals surface area contributed by atoms with Crippen LogP contribution in [0.3, 0.4) is 0 Å². The van der Waals surface area contributed by atoms with Crippen molar-refractivity contribution in [2.45, 2.75) is 13.1 Å². The number of carbonyl (C=O) groups excluding carboxylic acids is 1. The molecule has 6 nitrogen and oxygen atoms in total. The van der Waals surface area contributed by atoms with E-state index in [1.165, 1.54) is 24.3 Å². The number of nitrogens with zero attached hydrogens (tertiary/aromatic N) is 2. The van der Waals surface area contributed by atoms with E-state index < -0.39 is 0 Å². The molecule has 0 unspecified atom stereocenters. The monoisotopic (exact) mass is 352 g/mol. The Labute approximate surface area is 150 Å². The summed E-state index contributed by atoms with van der Waals surface area (Å²) in [4.78, 5) is 20.1. The van der Waals surface area contributed by atoms with Crippen molar-refractivity contribution >= 4 is 6.03 Å². The van der Waals surface area contributed by atoms with Gasteiger partial charge < -0.3 is 15.4 Å². The van der Waals surface area contributed by atoms with Crippen LogP contribution in [0.5, 0.6) is 11.6 Å². The Balaban J connectivity index is 1.45. The van der Waals surface area contributed by atoms with E-state index >= 15 is 0 Å². The van der Waals surface area contributed by atoms with E-state index in [0.29, 0.717) is 24.7 Å². The van der Waals surface area contributed by atoms with Crippen LogP contribution in [0.25, 0.3) is 0 Å². The number of ether oxygens (including phenoxy) is 1. The highest BCUT2D eigenvalue weighted by molar-refractivity contribution is 5.73. The molecule has 0 saturated heterocycles. The summed E-state index contributed by atoms with van der Waals surface area (Å²) in [6.07, 6.45) is 3.29. The summed E-state index contributed by atoms with van der Waals surface area (Å²) in [5.74, 6) is 0.562. The fourth-order valence-electron chi connectivity index (χ4n) is 2.12. The van der Waals surface area contributed by atoms with Crippen LogP contribution in [-0.2, 0) is 13.1 Å². The number of aromatic nitrogens is 2. The van der Waals surface area contributed by atoms with Gasteiger partial charge in [0.15, 0.2) is 0 Å². The molecule has 2 amide bonds. The molecule has 0 aliphatic carbocycles. The van der Waals surface area contributed by atoms with Crippen LogP contribution < -0.4 is 15.4 Å². The molecule has 1 aromatic carbocycles. The maximum atomic E-state index is 12.9. The first-order chi connectivity index (χ1) is 12.7. The molecule has 0 atom stereocenters. The second-order valence-electron chi connectivity index (χ2n) is 5.42. The zero-order chi connectivity index (χ0) is 18.2. The second-order valence-corrected chi connectivity index (χ2v) is 5.42. The molecule has 0 spiro atoms. The van der Waals surface area contributed by atoms with E-state index in [1.54, 1.807) is 24.5 Å². The lowest BCUT2D eigenvalue weighted by atomic mass is 10.3. The van der Waals surface area contributed by atoms with E-state index in [0.717, 1.165) is 11.3 Å². The number of urea groups is 1. The molecule has 0 radical (unpaired) electrons. The van der Waals surface area contributed by atoms with Crippen molar-refractivity contribution in [1.82, 2.24) is 20.6 Å². The predicted molar refractivity (Wildman–Crippen MR) is 94.0 cm³/mol. The minimum absolute atomic E-state index is 0.290. The Hall–Kier alpha value is -3.48. The van der Waals surface area contributed by atoms with Gasteiger partial charge in [0.2, 0.25) is 5.88 Å². The molecule has 2 heterocycles. The van der Waals surface area contributed by atoms with Crippen LogP contribution in [0.2, 0.25) is 0 Å². The first-order valence-electron chi connectivity index (χ1n) is 7.99. The standard InChI is InChI=1S/C19H17FN4O2/c20-15-5-7-17(8-6-15)26-18-9-4-14(11-22-18)12-23-19(25)24-13-16-3-1-2-10-21-16/h1-11H,12-13H2,(H2,23,24,25). The average molecular weight is 352 g/mol. The Bertz CT molecular complexity index is 840. The van der Waals surface area contributed by atoms with Gasteiger partial charge in [-0.2, -0.15) is 0 Å². The summed E-state index contributed by atoms with van der Waals surface area (Å²) >= 11 is 0. The molecule has 2 N–H and O–H groups in total. The van der Waals surface area contributed by atoms with Crippen molar-refractivity contribution in [3.8, 4) is 11.6 Å². The largest absolute Gasteiger partial charge is 0.439 e. The van der Waals surface area contributed by atoms with Crippen LogP contribution >= 0.6 is 0 Å². The van der Waals surface area contributed by atoms with Gasteiger partial charge >= 0.3 is 6.03 Å². The minimum atomic E-state index is -0.326. The first-order valence-corrected chi connectivity index (χ1v) is 7.99. The van der Waals surface area contributed by atoms with Crippen LogP contribution in [0.4, 0.5) is 9.18 Å². The molecule has 7 heteroatoms. The molecule has 132 valence electrons.